The van der Waals surface area contributed by atoms with E-state index in [0.29, 0.717) is 11.5 Å². The Morgan fingerprint density at radius 3 is 2.79 bits per heavy atom. The van der Waals surface area contributed by atoms with Crippen LogP contribution in [0.1, 0.15) is 56.4 Å². The molecule has 0 fully saturated rings. The number of carboxylic acids is 1. The number of nitrogens with one attached hydrogen (secondary N) is 1. The molecule has 0 aromatic carbocycles. The first kappa shape index (κ1) is 15.3. The van der Waals surface area contributed by atoms with Gasteiger partial charge in [-0.25, -0.2) is 9.78 Å². The number of aromatic carboxylic acids is 1. The van der Waals surface area contributed by atoms with Gasteiger partial charge >= 0.3 is 5.97 Å². The van der Waals surface area contributed by atoms with Crippen molar-refractivity contribution in [3.05, 3.63) is 17.8 Å². The first-order valence-corrected chi connectivity index (χ1v) is 6.81. The monoisotopic (exact) mass is 265 g/mol. The second-order valence-corrected chi connectivity index (χ2v) is 4.83. The van der Waals surface area contributed by atoms with Gasteiger partial charge in [-0.3, -0.25) is 0 Å². The molecule has 1 aromatic heterocycles. The maximum atomic E-state index is 10.9. The third-order valence-electron chi connectivity index (χ3n) is 3.02. The summed E-state index contributed by atoms with van der Waals surface area (Å²) in [5.41, 5.74) is 6.28. The molecule has 5 nitrogen and oxygen atoms in total. The van der Waals surface area contributed by atoms with Gasteiger partial charge in [0.15, 0.2) is 5.69 Å². The number of rotatable bonds is 8. The predicted octanol–water partition coefficient (Wildman–Crippen LogP) is 3.13. The lowest BCUT2D eigenvalue weighted by atomic mass is 10.1. The number of nitrogen functional groups attached to an aromatic ring is 1. The Labute approximate surface area is 114 Å². The summed E-state index contributed by atoms with van der Waals surface area (Å²) in [6.45, 7) is 4.24. The molecule has 19 heavy (non-hydrogen) atoms. The Morgan fingerprint density at radius 2 is 2.16 bits per heavy atom. The minimum atomic E-state index is -1.04. The molecule has 0 amide bonds. The lowest BCUT2D eigenvalue weighted by Gasteiger charge is -2.16. The van der Waals surface area contributed by atoms with Crippen molar-refractivity contribution in [2.75, 3.05) is 11.1 Å². The molecule has 1 unspecified atom stereocenters. The van der Waals surface area contributed by atoms with E-state index in [9.17, 15) is 4.79 Å². The number of aromatic nitrogens is 1. The van der Waals surface area contributed by atoms with E-state index in [1.165, 1.54) is 25.3 Å². The normalized spacial score (nSPS) is 12.1. The second kappa shape index (κ2) is 7.61. The van der Waals surface area contributed by atoms with E-state index >= 15 is 0 Å². The summed E-state index contributed by atoms with van der Waals surface area (Å²) in [5.74, 6) is -0.582. The fourth-order valence-corrected chi connectivity index (χ4v) is 1.89. The molecule has 1 atom stereocenters. The lowest BCUT2D eigenvalue weighted by molar-refractivity contribution is 0.0690. The number of pyridine rings is 1. The fourth-order valence-electron chi connectivity index (χ4n) is 1.89. The average Bonchev–Trinajstić information content (AvgIpc) is 2.37. The van der Waals surface area contributed by atoms with E-state index in [1.807, 2.05) is 0 Å². The molecule has 106 valence electrons. The van der Waals surface area contributed by atoms with Crippen molar-refractivity contribution in [3.8, 4) is 0 Å². The standard InChI is InChI=1S/C14H23N3O2/c1-3-4-5-6-7-10(2)16-13-11(15)8-9-12(17-13)14(18)19/h8-10H,3-7,15H2,1-2H3,(H,16,17)(H,18,19). The van der Waals surface area contributed by atoms with Crippen molar-refractivity contribution in [3.63, 3.8) is 0 Å². The van der Waals surface area contributed by atoms with Crippen LogP contribution in [-0.2, 0) is 0 Å². The molecule has 0 saturated carbocycles. The zero-order valence-corrected chi connectivity index (χ0v) is 11.6. The summed E-state index contributed by atoms with van der Waals surface area (Å²) in [7, 11) is 0. The molecule has 0 aliphatic rings. The minimum absolute atomic E-state index is 0.00915. The largest absolute Gasteiger partial charge is 0.477 e. The van der Waals surface area contributed by atoms with Crippen LogP contribution >= 0.6 is 0 Å². The van der Waals surface area contributed by atoms with Gasteiger partial charge in [0.2, 0.25) is 0 Å². The van der Waals surface area contributed by atoms with Crippen LogP contribution in [0, 0.1) is 0 Å². The molecule has 0 bridgehead atoms. The van der Waals surface area contributed by atoms with Gasteiger partial charge in [-0.1, -0.05) is 32.6 Å². The number of carbonyl (C=O) groups is 1. The summed E-state index contributed by atoms with van der Waals surface area (Å²) in [5, 5.41) is 12.1. The van der Waals surface area contributed by atoms with Crippen LogP contribution in [0.25, 0.3) is 0 Å². The van der Waals surface area contributed by atoms with Crippen LogP contribution in [0.5, 0.6) is 0 Å². The molecule has 1 aromatic rings. The Bertz CT molecular complexity index is 421. The molecule has 1 heterocycles. The lowest BCUT2D eigenvalue weighted by Crippen LogP contribution is -2.18. The number of anilines is 2. The molecular formula is C14H23N3O2. The van der Waals surface area contributed by atoms with Gasteiger partial charge in [-0.2, -0.15) is 0 Å². The molecular weight excluding hydrogens is 242 g/mol. The highest BCUT2D eigenvalue weighted by Crippen LogP contribution is 2.18. The van der Waals surface area contributed by atoms with Crippen LogP contribution in [0.2, 0.25) is 0 Å². The zero-order valence-electron chi connectivity index (χ0n) is 11.6. The first-order chi connectivity index (χ1) is 9.04. The molecule has 0 radical (unpaired) electrons. The molecule has 0 aliphatic heterocycles. The highest BCUT2D eigenvalue weighted by molar-refractivity contribution is 5.86. The van der Waals surface area contributed by atoms with E-state index in [2.05, 4.69) is 24.1 Å². The quantitative estimate of drug-likeness (QED) is 0.628. The SMILES string of the molecule is CCCCCCC(C)Nc1nc(C(=O)O)ccc1N. The molecule has 5 heteroatoms. The van der Waals surface area contributed by atoms with Gasteiger partial charge in [-0.15, -0.1) is 0 Å². The van der Waals surface area contributed by atoms with Gasteiger partial charge in [0, 0.05) is 6.04 Å². The summed E-state index contributed by atoms with van der Waals surface area (Å²) in [6, 6.07) is 3.22. The van der Waals surface area contributed by atoms with E-state index in [-0.39, 0.29) is 11.7 Å². The number of hydrogen-bond donors (Lipinski definition) is 3. The van der Waals surface area contributed by atoms with Crippen LogP contribution in [-0.4, -0.2) is 22.1 Å². The predicted molar refractivity (Wildman–Crippen MR) is 77.5 cm³/mol. The van der Waals surface area contributed by atoms with Gasteiger partial charge in [-0.05, 0) is 25.5 Å². The summed E-state index contributed by atoms with van der Waals surface area (Å²) in [6.07, 6.45) is 5.87. The Kier molecular flexibility index (Phi) is 6.12. The molecule has 0 saturated heterocycles. The maximum absolute atomic E-state index is 10.9. The van der Waals surface area contributed by atoms with E-state index in [4.69, 9.17) is 10.8 Å². The van der Waals surface area contributed by atoms with Crippen molar-refractivity contribution in [1.29, 1.82) is 0 Å². The van der Waals surface area contributed by atoms with Crippen LogP contribution in [0.3, 0.4) is 0 Å². The molecule has 1 rings (SSSR count). The van der Waals surface area contributed by atoms with Crippen LogP contribution in [0.15, 0.2) is 12.1 Å². The van der Waals surface area contributed by atoms with Crippen molar-refractivity contribution < 1.29 is 9.90 Å². The number of carboxylic acid groups (broad SMARTS) is 1. The van der Waals surface area contributed by atoms with Gasteiger partial charge < -0.3 is 16.2 Å². The average molecular weight is 265 g/mol. The third-order valence-corrected chi connectivity index (χ3v) is 3.02. The molecule has 0 aliphatic carbocycles. The zero-order chi connectivity index (χ0) is 14.3. The number of nitrogens with two attached hydrogens (primary N) is 1. The molecule has 0 spiro atoms. The van der Waals surface area contributed by atoms with E-state index < -0.39 is 5.97 Å². The van der Waals surface area contributed by atoms with Gasteiger partial charge in [0.25, 0.3) is 0 Å². The summed E-state index contributed by atoms with van der Waals surface area (Å²) < 4.78 is 0. The minimum Gasteiger partial charge on any atom is -0.477 e. The topological polar surface area (TPSA) is 88.2 Å². The first-order valence-electron chi connectivity index (χ1n) is 6.81. The van der Waals surface area contributed by atoms with Crippen molar-refractivity contribution in [2.24, 2.45) is 0 Å². The van der Waals surface area contributed by atoms with Crippen molar-refractivity contribution in [1.82, 2.24) is 4.98 Å². The van der Waals surface area contributed by atoms with Crippen LogP contribution in [0.4, 0.5) is 11.5 Å². The van der Waals surface area contributed by atoms with E-state index in [0.717, 1.165) is 12.8 Å². The molecule has 4 N–H and O–H groups in total. The number of unbranched alkanes of at least 4 members (excludes halogenated alkanes) is 3. The fraction of sp³-hybridized carbons (Fsp3) is 0.571. The van der Waals surface area contributed by atoms with Crippen molar-refractivity contribution in [2.45, 2.75) is 52.0 Å². The highest BCUT2D eigenvalue weighted by Gasteiger charge is 2.10. The third kappa shape index (κ3) is 5.16. The van der Waals surface area contributed by atoms with Gasteiger partial charge in [0.1, 0.15) is 5.82 Å². The highest BCUT2D eigenvalue weighted by atomic mass is 16.4. The Hall–Kier alpha value is -1.78. The maximum Gasteiger partial charge on any atom is 0.354 e. The Morgan fingerprint density at radius 1 is 1.42 bits per heavy atom. The second-order valence-electron chi connectivity index (χ2n) is 4.83. The summed E-state index contributed by atoms with van der Waals surface area (Å²) in [4.78, 5) is 14.9. The smallest absolute Gasteiger partial charge is 0.354 e. The van der Waals surface area contributed by atoms with Gasteiger partial charge in [0.05, 0.1) is 5.69 Å². The number of nitrogens with zero attached hydrogens (tertiary/aromatic N) is 1. The van der Waals surface area contributed by atoms with Crippen LogP contribution < -0.4 is 11.1 Å². The Balaban J connectivity index is 2.55. The van der Waals surface area contributed by atoms with Crippen molar-refractivity contribution >= 4 is 17.5 Å². The number of hydrogen-bond acceptors (Lipinski definition) is 4. The van der Waals surface area contributed by atoms with E-state index in [1.54, 1.807) is 6.07 Å². The summed E-state index contributed by atoms with van der Waals surface area (Å²) >= 11 is 0.